The van der Waals surface area contributed by atoms with Gasteiger partial charge in [-0.05, 0) is 30.7 Å². The summed E-state index contributed by atoms with van der Waals surface area (Å²) in [6, 6.07) is 12.3. The van der Waals surface area contributed by atoms with E-state index in [1.54, 1.807) is 13.0 Å². The van der Waals surface area contributed by atoms with Crippen LogP contribution in [0.15, 0.2) is 42.5 Å². The summed E-state index contributed by atoms with van der Waals surface area (Å²) in [5.41, 5.74) is 8.20. The van der Waals surface area contributed by atoms with Gasteiger partial charge in [0.2, 0.25) is 0 Å². The Bertz CT molecular complexity index is 599. The zero-order valence-electron chi connectivity index (χ0n) is 11.6. The highest BCUT2D eigenvalue weighted by molar-refractivity contribution is 6.31. The van der Waals surface area contributed by atoms with Gasteiger partial charge in [-0.3, -0.25) is 0 Å². The van der Waals surface area contributed by atoms with Crippen molar-refractivity contribution in [2.45, 2.75) is 19.5 Å². The van der Waals surface area contributed by atoms with Crippen LogP contribution in [0, 0.1) is 5.82 Å². The Morgan fingerprint density at radius 1 is 1.20 bits per heavy atom. The van der Waals surface area contributed by atoms with E-state index in [0.29, 0.717) is 17.1 Å². The van der Waals surface area contributed by atoms with E-state index in [1.807, 2.05) is 42.3 Å². The molecule has 2 aromatic carbocycles. The molecule has 2 rings (SSSR count). The van der Waals surface area contributed by atoms with Crippen molar-refractivity contribution in [1.82, 2.24) is 0 Å². The van der Waals surface area contributed by atoms with Gasteiger partial charge in [-0.2, -0.15) is 0 Å². The molecule has 2 nitrogen and oxygen atoms in total. The SMILES string of the molecule is C[C@H](N)c1c(F)cccc1N(C)Cc1ccccc1Cl. The fourth-order valence-electron chi connectivity index (χ4n) is 2.28. The standard InChI is InChI=1S/C16H18ClFN2/c1-11(19)16-14(18)8-5-9-15(16)20(2)10-12-6-3-4-7-13(12)17/h3-9,11H,10,19H2,1-2H3/t11-/m0/s1. The number of nitrogens with two attached hydrogens (primary N) is 1. The van der Waals surface area contributed by atoms with E-state index in [0.717, 1.165) is 11.3 Å². The molecule has 0 aliphatic heterocycles. The molecule has 0 fully saturated rings. The van der Waals surface area contributed by atoms with E-state index in [1.165, 1.54) is 6.07 Å². The first-order valence-electron chi connectivity index (χ1n) is 6.49. The molecule has 0 heterocycles. The molecule has 2 N–H and O–H groups in total. The number of rotatable bonds is 4. The normalized spacial score (nSPS) is 12.2. The first-order chi connectivity index (χ1) is 9.50. The summed E-state index contributed by atoms with van der Waals surface area (Å²) < 4.78 is 13.9. The number of halogens is 2. The molecule has 106 valence electrons. The molecule has 0 saturated heterocycles. The van der Waals surface area contributed by atoms with Gasteiger partial charge in [0.1, 0.15) is 5.82 Å². The summed E-state index contributed by atoms with van der Waals surface area (Å²) in [5, 5.41) is 0.707. The smallest absolute Gasteiger partial charge is 0.130 e. The minimum Gasteiger partial charge on any atom is -0.370 e. The highest BCUT2D eigenvalue weighted by Crippen LogP contribution is 2.29. The third-order valence-electron chi connectivity index (χ3n) is 3.26. The maximum absolute atomic E-state index is 13.9. The molecule has 0 bridgehead atoms. The summed E-state index contributed by atoms with van der Waals surface area (Å²) >= 11 is 6.16. The first kappa shape index (κ1) is 14.8. The fraction of sp³-hybridized carbons (Fsp3) is 0.250. The molecule has 0 radical (unpaired) electrons. The second-order valence-corrected chi connectivity index (χ2v) is 5.32. The molecule has 1 atom stereocenters. The van der Waals surface area contributed by atoms with Crippen molar-refractivity contribution < 1.29 is 4.39 Å². The third-order valence-corrected chi connectivity index (χ3v) is 3.63. The highest BCUT2D eigenvalue weighted by Gasteiger charge is 2.16. The van der Waals surface area contributed by atoms with Gasteiger partial charge in [0, 0.05) is 35.9 Å². The zero-order valence-corrected chi connectivity index (χ0v) is 12.4. The number of anilines is 1. The Morgan fingerprint density at radius 2 is 1.90 bits per heavy atom. The van der Waals surface area contributed by atoms with E-state index in [4.69, 9.17) is 17.3 Å². The summed E-state index contributed by atoms with van der Waals surface area (Å²) in [6.07, 6.45) is 0. The average molecular weight is 293 g/mol. The second kappa shape index (κ2) is 6.25. The minimum absolute atomic E-state index is 0.275. The Balaban J connectivity index is 2.33. The largest absolute Gasteiger partial charge is 0.370 e. The van der Waals surface area contributed by atoms with Crippen molar-refractivity contribution in [2.24, 2.45) is 5.73 Å². The monoisotopic (exact) mass is 292 g/mol. The van der Waals surface area contributed by atoms with Crippen LogP contribution in [-0.2, 0) is 6.54 Å². The maximum Gasteiger partial charge on any atom is 0.130 e. The van der Waals surface area contributed by atoms with Crippen molar-refractivity contribution in [3.8, 4) is 0 Å². The second-order valence-electron chi connectivity index (χ2n) is 4.91. The van der Waals surface area contributed by atoms with Crippen molar-refractivity contribution in [1.29, 1.82) is 0 Å². The molecule has 2 aromatic rings. The lowest BCUT2D eigenvalue weighted by molar-refractivity contribution is 0.592. The van der Waals surface area contributed by atoms with Crippen LogP contribution in [0.1, 0.15) is 24.1 Å². The topological polar surface area (TPSA) is 29.3 Å². The molecule has 0 unspecified atom stereocenters. The van der Waals surface area contributed by atoms with Crippen molar-refractivity contribution >= 4 is 17.3 Å². The summed E-state index contributed by atoms with van der Waals surface area (Å²) in [7, 11) is 1.91. The van der Waals surface area contributed by atoms with Crippen LogP contribution >= 0.6 is 11.6 Å². The first-order valence-corrected chi connectivity index (χ1v) is 6.87. The lowest BCUT2D eigenvalue weighted by Crippen LogP contribution is -2.21. The molecule has 0 saturated carbocycles. The minimum atomic E-state index is -0.361. The van der Waals surface area contributed by atoms with E-state index >= 15 is 0 Å². The van der Waals surface area contributed by atoms with Gasteiger partial charge in [0.15, 0.2) is 0 Å². The van der Waals surface area contributed by atoms with Crippen LogP contribution in [0.25, 0.3) is 0 Å². The zero-order chi connectivity index (χ0) is 14.7. The lowest BCUT2D eigenvalue weighted by Gasteiger charge is -2.24. The molecule has 0 amide bonds. The van der Waals surface area contributed by atoms with E-state index < -0.39 is 0 Å². The Labute approximate surface area is 124 Å². The predicted molar refractivity (Wildman–Crippen MR) is 82.6 cm³/mol. The predicted octanol–water partition coefficient (Wildman–Crippen LogP) is 4.14. The number of benzene rings is 2. The summed E-state index contributed by atoms with van der Waals surface area (Å²) in [6.45, 7) is 2.38. The molecule has 20 heavy (non-hydrogen) atoms. The van der Waals surface area contributed by atoms with Crippen molar-refractivity contribution in [3.63, 3.8) is 0 Å². The van der Waals surface area contributed by atoms with Crippen molar-refractivity contribution in [2.75, 3.05) is 11.9 Å². The van der Waals surface area contributed by atoms with Crippen LogP contribution in [-0.4, -0.2) is 7.05 Å². The molecular weight excluding hydrogens is 275 g/mol. The van der Waals surface area contributed by atoms with Gasteiger partial charge < -0.3 is 10.6 Å². The van der Waals surface area contributed by atoms with Gasteiger partial charge in [-0.15, -0.1) is 0 Å². The van der Waals surface area contributed by atoms with Crippen LogP contribution < -0.4 is 10.6 Å². The summed E-state index contributed by atoms with van der Waals surface area (Å²) in [4.78, 5) is 1.96. The highest BCUT2D eigenvalue weighted by atomic mass is 35.5. The van der Waals surface area contributed by atoms with E-state index in [9.17, 15) is 4.39 Å². The quantitative estimate of drug-likeness (QED) is 0.918. The fourth-order valence-corrected chi connectivity index (χ4v) is 2.47. The lowest BCUT2D eigenvalue weighted by atomic mass is 10.0. The molecule has 0 spiro atoms. The van der Waals surface area contributed by atoms with E-state index in [-0.39, 0.29) is 11.9 Å². The van der Waals surface area contributed by atoms with Crippen LogP contribution in [0.4, 0.5) is 10.1 Å². The number of hydrogen-bond donors (Lipinski definition) is 1. The molecule has 4 heteroatoms. The van der Waals surface area contributed by atoms with Gasteiger partial charge in [-0.1, -0.05) is 35.9 Å². The average Bonchev–Trinajstić information content (AvgIpc) is 2.40. The van der Waals surface area contributed by atoms with Crippen LogP contribution in [0.5, 0.6) is 0 Å². The van der Waals surface area contributed by atoms with Crippen LogP contribution in [0.2, 0.25) is 5.02 Å². The molecular formula is C16H18ClFN2. The Kier molecular flexibility index (Phi) is 4.63. The van der Waals surface area contributed by atoms with E-state index in [2.05, 4.69) is 0 Å². The van der Waals surface area contributed by atoms with Crippen LogP contribution in [0.3, 0.4) is 0 Å². The Hall–Kier alpha value is -1.58. The van der Waals surface area contributed by atoms with Gasteiger partial charge in [0.05, 0.1) is 0 Å². The van der Waals surface area contributed by atoms with Gasteiger partial charge in [0.25, 0.3) is 0 Å². The molecule has 0 aromatic heterocycles. The Morgan fingerprint density at radius 3 is 2.55 bits per heavy atom. The summed E-state index contributed by atoms with van der Waals surface area (Å²) in [5.74, 6) is -0.275. The molecule has 0 aliphatic carbocycles. The van der Waals surface area contributed by atoms with Gasteiger partial charge >= 0.3 is 0 Å². The molecule has 0 aliphatic rings. The van der Waals surface area contributed by atoms with Crippen molar-refractivity contribution in [3.05, 3.63) is 64.4 Å². The maximum atomic E-state index is 13.9. The number of hydrogen-bond acceptors (Lipinski definition) is 2. The third kappa shape index (κ3) is 3.11. The van der Waals surface area contributed by atoms with Gasteiger partial charge in [-0.25, -0.2) is 4.39 Å². The number of nitrogens with zero attached hydrogens (tertiary/aromatic N) is 1.